The van der Waals surface area contributed by atoms with Crippen LogP contribution in [0.2, 0.25) is 0 Å². The maximum absolute atomic E-state index is 13.2. The third-order valence-electron chi connectivity index (χ3n) is 3.92. The predicted octanol–water partition coefficient (Wildman–Crippen LogP) is 1.48. The summed E-state index contributed by atoms with van der Waals surface area (Å²) >= 11 is 0. The topological polar surface area (TPSA) is 78.1 Å². The first-order valence-electron chi connectivity index (χ1n) is 8.19. The fourth-order valence-electron chi connectivity index (χ4n) is 2.71. The molecule has 7 nitrogen and oxygen atoms in total. The van der Waals surface area contributed by atoms with Crippen molar-refractivity contribution >= 4 is 17.1 Å². The average molecular weight is 358 g/mol. The van der Waals surface area contributed by atoms with Gasteiger partial charge in [0, 0.05) is 26.5 Å². The fourth-order valence-corrected chi connectivity index (χ4v) is 2.71. The Bertz CT molecular complexity index is 963. The molecule has 0 spiro atoms. The zero-order valence-electron chi connectivity index (χ0n) is 14.3. The van der Waals surface area contributed by atoms with Crippen LogP contribution < -0.4 is 11.0 Å². The van der Waals surface area contributed by atoms with Crippen molar-refractivity contribution in [3.8, 4) is 5.69 Å². The van der Waals surface area contributed by atoms with Crippen molar-refractivity contribution in [2.24, 2.45) is 0 Å². The largest absolute Gasteiger partial charge is 0.385 e. The lowest BCUT2D eigenvalue weighted by molar-refractivity contribution is -0.121. The molecule has 0 fully saturated rings. The van der Waals surface area contributed by atoms with Crippen LogP contribution in [-0.4, -0.2) is 40.3 Å². The summed E-state index contributed by atoms with van der Waals surface area (Å²) < 4.78 is 20.9. The van der Waals surface area contributed by atoms with E-state index < -0.39 is 11.5 Å². The molecule has 3 rings (SSSR count). The molecule has 0 aliphatic rings. The van der Waals surface area contributed by atoms with E-state index in [1.54, 1.807) is 25.4 Å². The number of nitrogens with one attached hydrogen (secondary N) is 1. The summed E-state index contributed by atoms with van der Waals surface area (Å²) in [6.07, 6.45) is 2.26. The lowest BCUT2D eigenvalue weighted by Gasteiger charge is -2.05. The molecule has 0 bridgehead atoms. The van der Waals surface area contributed by atoms with Crippen molar-refractivity contribution in [3.63, 3.8) is 0 Å². The maximum Gasteiger partial charge on any atom is 0.335 e. The number of pyridine rings is 1. The number of carbonyl (C=O) groups is 1. The summed E-state index contributed by atoms with van der Waals surface area (Å²) in [5, 5.41) is 2.76. The Morgan fingerprint density at radius 3 is 2.77 bits per heavy atom. The number of imidazole rings is 1. The van der Waals surface area contributed by atoms with Gasteiger partial charge in [-0.25, -0.2) is 18.7 Å². The molecule has 0 saturated heterocycles. The first-order valence-corrected chi connectivity index (χ1v) is 8.19. The van der Waals surface area contributed by atoms with Gasteiger partial charge >= 0.3 is 5.69 Å². The monoisotopic (exact) mass is 358 g/mol. The van der Waals surface area contributed by atoms with E-state index in [4.69, 9.17) is 4.74 Å². The van der Waals surface area contributed by atoms with Crippen molar-refractivity contribution in [1.82, 2.24) is 19.4 Å². The molecule has 1 aromatic carbocycles. The highest BCUT2D eigenvalue weighted by molar-refractivity contribution is 5.80. The molecule has 0 aliphatic carbocycles. The number of hydrogen-bond acceptors (Lipinski definition) is 4. The number of methoxy groups -OCH3 is 1. The smallest absolute Gasteiger partial charge is 0.335 e. The SMILES string of the molecule is COCCCNC(=O)Cn1c(=O)n(-c2ccc(F)cc2)c2ncccc21. The Labute approximate surface area is 149 Å². The predicted molar refractivity (Wildman–Crippen MR) is 94.8 cm³/mol. The van der Waals surface area contributed by atoms with Gasteiger partial charge in [-0.05, 0) is 42.8 Å². The van der Waals surface area contributed by atoms with E-state index >= 15 is 0 Å². The van der Waals surface area contributed by atoms with Crippen LogP contribution in [-0.2, 0) is 16.1 Å². The standard InChI is InChI=1S/C18H19FN4O3/c1-26-11-3-10-20-16(24)12-22-15-4-2-9-21-17(15)23(18(22)25)14-7-5-13(19)6-8-14/h2,4-9H,3,10-12H2,1H3,(H,20,24). The van der Waals surface area contributed by atoms with Gasteiger partial charge in [-0.1, -0.05) is 0 Å². The zero-order chi connectivity index (χ0) is 18.5. The minimum Gasteiger partial charge on any atom is -0.385 e. The maximum atomic E-state index is 13.2. The van der Waals surface area contributed by atoms with Crippen molar-refractivity contribution in [2.45, 2.75) is 13.0 Å². The molecular formula is C18H19FN4O3. The second-order valence-electron chi connectivity index (χ2n) is 5.72. The number of carbonyl (C=O) groups excluding carboxylic acids is 1. The molecule has 136 valence electrons. The number of halogens is 1. The van der Waals surface area contributed by atoms with Gasteiger partial charge in [0.1, 0.15) is 12.4 Å². The molecule has 0 aliphatic heterocycles. The van der Waals surface area contributed by atoms with Gasteiger partial charge in [0.15, 0.2) is 5.65 Å². The molecule has 3 aromatic rings. The number of rotatable bonds is 7. The van der Waals surface area contributed by atoms with Gasteiger partial charge in [-0.2, -0.15) is 0 Å². The molecular weight excluding hydrogens is 339 g/mol. The van der Waals surface area contributed by atoms with E-state index in [-0.39, 0.29) is 12.5 Å². The molecule has 0 atom stereocenters. The molecule has 1 amide bonds. The molecule has 0 saturated carbocycles. The van der Waals surface area contributed by atoms with Crippen LogP contribution in [0.5, 0.6) is 0 Å². The van der Waals surface area contributed by atoms with E-state index in [0.717, 1.165) is 0 Å². The number of ether oxygens (including phenoxy) is 1. The van der Waals surface area contributed by atoms with Crippen LogP contribution in [0.3, 0.4) is 0 Å². The lowest BCUT2D eigenvalue weighted by Crippen LogP contribution is -2.33. The van der Waals surface area contributed by atoms with Crippen LogP contribution in [0, 0.1) is 5.82 Å². The quantitative estimate of drug-likeness (QED) is 0.649. The molecule has 2 aromatic heterocycles. The van der Waals surface area contributed by atoms with Gasteiger partial charge in [-0.15, -0.1) is 0 Å². The Morgan fingerprint density at radius 1 is 1.27 bits per heavy atom. The molecule has 1 N–H and O–H groups in total. The summed E-state index contributed by atoms with van der Waals surface area (Å²) in [5.74, 6) is -0.667. The highest BCUT2D eigenvalue weighted by atomic mass is 19.1. The second-order valence-corrected chi connectivity index (χ2v) is 5.72. The van der Waals surface area contributed by atoms with Crippen LogP contribution in [0.25, 0.3) is 16.9 Å². The third kappa shape index (κ3) is 3.65. The number of amides is 1. The van der Waals surface area contributed by atoms with E-state index in [1.165, 1.54) is 33.4 Å². The number of benzene rings is 1. The number of hydrogen-bond donors (Lipinski definition) is 1. The molecule has 0 radical (unpaired) electrons. The summed E-state index contributed by atoms with van der Waals surface area (Å²) in [6.45, 7) is 0.895. The number of aromatic nitrogens is 3. The number of fused-ring (bicyclic) bond motifs is 1. The lowest BCUT2D eigenvalue weighted by atomic mass is 10.3. The van der Waals surface area contributed by atoms with E-state index in [0.29, 0.717) is 36.4 Å². The molecule has 0 unspecified atom stereocenters. The van der Waals surface area contributed by atoms with Crippen molar-refractivity contribution in [1.29, 1.82) is 0 Å². The third-order valence-corrected chi connectivity index (χ3v) is 3.92. The molecule has 2 heterocycles. The van der Waals surface area contributed by atoms with Gasteiger partial charge in [-0.3, -0.25) is 9.36 Å². The average Bonchev–Trinajstić information content (AvgIpc) is 2.92. The first-order chi connectivity index (χ1) is 12.6. The van der Waals surface area contributed by atoms with E-state index in [9.17, 15) is 14.0 Å². The van der Waals surface area contributed by atoms with E-state index in [2.05, 4.69) is 10.3 Å². The molecule has 26 heavy (non-hydrogen) atoms. The van der Waals surface area contributed by atoms with E-state index in [1.807, 2.05) is 0 Å². The Kier molecular flexibility index (Phi) is 5.43. The fraction of sp³-hybridized carbons (Fsp3) is 0.278. The highest BCUT2D eigenvalue weighted by Crippen LogP contribution is 2.15. The van der Waals surface area contributed by atoms with Crippen LogP contribution in [0.4, 0.5) is 4.39 Å². The van der Waals surface area contributed by atoms with Crippen molar-refractivity contribution in [3.05, 3.63) is 58.9 Å². The van der Waals surface area contributed by atoms with Crippen LogP contribution in [0.1, 0.15) is 6.42 Å². The molecule has 8 heteroatoms. The van der Waals surface area contributed by atoms with Gasteiger partial charge in [0.25, 0.3) is 0 Å². The zero-order valence-corrected chi connectivity index (χ0v) is 14.3. The Morgan fingerprint density at radius 2 is 2.04 bits per heavy atom. The van der Waals surface area contributed by atoms with Crippen molar-refractivity contribution < 1.29 is 13.9 Å². The summed E-state index contributed by atoms with van der Waals surface area (Å²) in [5.41, 5.74) is 1.03. The first kappa shape index (κ1) is 17.8. The highest BCUT2D eigenvalue weighted by Gasteiger charge is 2.17. The second kappa shape index (κ2) is 7.92. The van der Waals surface area contributed by atoms with Crippen LogP contribution in [0.15, 0.2) is 47.4 Å². The minimum absolute atomic E-state index is 0.123. The number of nitrogens with zero attached hydrogens (tertiary/aromatic N) is 3. The van der Waals surface area contributed by atoms with Crippen LogP contribution >= 0.6 is 0 Å². The summed E-state index contributed by atoms with van der Waals surface area (Å²) in [7, 11) is 1.60. The van der Waals surface area contributed by atoms with Gasteiger partial charge < -0.3 is 10.1 Å². The Balaban J connectivity index is 1.94. The Hall–Kier alpha value is -3.00. The summed E-state index contributed by atoms with van der Waals surface area (Å²) in [4.78, 5) is 29.3. The minimum atomic E-state index is -0.405. The normalized spacial score (nSPS) is 11.0. The van der Waals surface area contributed by atoms with Crippen molar-refractivity contribution in [2.75, 3.05) is 20.3 Å². The van der Waals surface area contributed by atoms with Gasteiger partial charge in [0.2, 0.25) is 5.91 Å². The van der Waals surface area contributed by atoms with Gasteiger partial charge in [0.05, 0.1) is 11.2 Å². The summed E-state index contributed by atoms with van der Waals surface area (Å²) in [6, 6.07) is 8.97.